The number of nitrogens with zero attached hydrogens (tertiary/aromatic N) is 3. The van der Waals surface area contributed by atoms with Crippen LogP contribution in [0.3, 0.4) is 0 Å². The fourth-order valence-corrected chi connectivity index (χ4v) is 4.64. The lowest BCUT2D eigenvalue weighted by atomic mass is 9.83. The lowest BCUT2D eigenvalue weighted by Gasteiger charge is -2.49. The maximum Gasteiger partial charge on any atom is 0.270 e. The van der Waals surface area contributed by atoms with Gasteiger partial charge in [-0.15, -0.1) is 0 Å². The van der Waals surface area contributed by atoms with Gasteiger partial charge in [-0.05, 0) is 37.3 Å². The van der Waals surface area contributed by atoms with Crippen molar-refractivity contribution >= 4 is 27.3 Å². The third-order valence-electron chi connectivity index (χ3n) is 6.00. The summed E-state index contributed by atoms with van der Waals surface area (Å²) in [7, 11) is 2.93. The van der Waals surface area contributed by atoms with Crippen molar-refractivity contribution in [3.63, 3.8) is 0 Å². The number of nitrogens with one attached hydrogen (secondary N) is 1. The van der Waals surface area contributed by atoms with Gasteiger partial charge in [0.25, 0.3) is 5.69 Å². The second-order valence-corrected chi connectivity index (χ2v) is 9.01. The Kier molecular flexibility index (Phi) is 6.89. The van der Waals surface area contributed by atoms with Gasteiger partial charge in [0.05, 0.1) is 17.5 Å². The average molecular weight is 533 g/mol. The van der Waals surface area contributed by atoms with Gasteiger partial charge in [0.15, 0.2) is 11.9 Å². The first-order valence-electron chi connectivity index (χ1n) is 10.5. The highest BCUT2D eigenvalue weighted by atomic mass is 79.9. The molecule has 4 rings (SSSR count). The maximum atomic E-state index is 11.8. The van der Waals surface area contributed by atoms with Crippen molar-refractivity contribution < 1.29 is 24.2 Å². The molecule has 3 aromatic rings. The van der Waals surface area contributed by atoms with Crippen LogP contribution in [0.1, 0.15) is 24.4 Å². The molecule has 2 heterocycles. The molecule has 0 spiro atoms. The minimum atomic E-state index is -1.33. The van der Waals surface area contributed by atoms with E-state index in [0.29, 0.717) is 23.7 Å². The molecular weight excluding hydrogens is 508 g/mol. The molecule has 0 unspecified atom stereocenters. The predicted molar refractivity (Wildman–Crippen MR) is 128 cm³/mol. The van der Waals surface area contributed by atoms with Crippen molar-refractivity contribution in [2.24, 2.45) is 0 Å². The number of aliphatic hydroxyl groups excluding tert-OH is 1. The van der Waals surface area contributed by atoms with Gasteiger partial charge in [-0.3, -0.25) is 10.1 Å². The van der Waals surface area contributed by atoms with Gasteiger partial charge >= 0.3 is 0 Å². The molecule has 3 atom stereocenters. The van der Waals surface area contributed by atoms with E-state index in [1.807, 2.05) is 29.2 Å². The number of rotatable bonds is 8. The van der Waals surface area contributed by atoms with Crippen molar-refractivity contribution in [3.8, 4) is 5.75 Å². The standard InChI is InChI=1S/C23H25BrN4O6/c1-23(22(32-2)33-3)21(29)20(17-12-16(28(30)31)8-9-18(17)34-23)27(13-19-25-10-11-26-19)15-6-4-14(24)5-7-15/h4-12,20-22,29H,13H2,1-3H3,(H,25,26)/t20-,21+,23+/m1/s1. The summed E-state index contributed by atoms with van der Waals surface area (Å²) < 4.78 is 18.1. The summed E-state index contributed by atoms with van der Waals surface area (Å²) in [6.07, 6.45) is 1.24. The average Bonchev–Trinajstić information content (AvgIpc) is 3.33. The number of nitro groups is 1. The summed E-state index contributed by atoms with van der Waals surface area (Å²) in [6.45, 7) is 1.98. The van der Waals surface area contributed by atoms with E-state index in [4.69, 9.17) is 14.2 Å². The van der Waals surface area contributed by atoms with Gasteiger partial charge < -0.3 is 29.2 Å². The van der Waals surface area contributed by atoms with Crippen LogP contribution in [-0.2, 0) is 16.0 Å². The minimum absolute atomic E-state index is 0.105. The number of halogens is 1. The molecule has 0 saturated carbocycles. The number of fused-ring (bicyclic) bond motifs is 1. The van der Waals surface area contributed by atoms with Crippen LogP contribution in [0.2, 0.25) is 0 Å². The molecule has 1 aromatic heterocycles. The summed E-state index contributed by atoms with van der Waals surface area (Å²) in [5, 5.41) is 23.3. The number of benzene rings is 2. The van der Waals surface area contributed by atoms with E-state index in [9.17, 15) is 15.2 Å². The van der Waals surface area contributed by atoms with E-state index in [1.54, 1.807) is 25.4 Å². The van der Waals surface area contributed by atoms with Gasteiger partial charge in [-0.1, -0.05) is 15.9 Å². The molecule has 0 bridgehead atoms. The number of aromatic amines is 1. The monoisotopic (exact) mass is 532 g/mol. The Balaban J connectivity index is 1.92. The van der Waals surface area contributed by atoms with Crippen molar-refractivity contribution in [2.45, 2.75) is 37.5 Å². The zero-order chi connectivity index (χ0) is 24.5. The largest absolute Gasteiger partial charge is 0.479 e. The van der Waals surface area contributed by atoms with Crippen LogP contribution < -0.4 is 9.64 Å². The smallest absolute Gasteiger partial charge is 0.270 e. The summed E-state index contributed by atoms with van der Waals surface area (Å²) in [4.78, 5) is 20.5. The van der Waals surface area contributed by atoms with E-state index in [-0.39, 0.29) is 5.69 Å². The molecule has 0 amide bonds. The topological polar surface area (TPSA) is 123 Å². The number of methoxy groups -OCH3 is 2. The fourth-order valence-electron chi connectivity index (χ4n) is 4.37. The number of hydrogen-bond donors (Lipinski definition) is 2. The number of anilines is 1. The van der Waals surface area contributed by atoms with Crippen LogP contribution in [-0.4, -0.2) is 52.2 Å². The number of imidazole rings is 1. The van der Waals surface area contributed by atoms with E-state index in [0.717, 1.165) is 10.2 Å². The third kappa shape index (κ3) is 4.39. The molecule has 180 valence electrons. The first-order valence-corrected chi connectivity index (χ1v) is 11.3. The first kappa shape index (κ1) is 24.1. The highest BCUT2D eigenvalue weighted by molar-refractivity contribution is 9.10. The Labute approximate surface area is 204 Å². The van der Waals surface area contributed by atoms with E-state index in [2.05, 4.69) is 25.9 Å². The molecule has 1 aliphatic heterocycles. The third-order valence-corrected chi connectivity index (χ3v) is 6.53. The van der Waals surface area contributed by atoms with Crippen molar-refractivity contribution in [3.05, 3.63) is 80.8 Å². The lowest BCUT2D eigenvalue weighted by molar-refractivity contribution is -0.385. The minimum Gasteiger partial charge on any atom is -0.479 e. The highest BCUT2D eigenvalue weighted by Gasteiger charge is 2.54. The zero-order valence-corrected chi connectivity index (χ0v) is 20.4. The van der Waals surface area contributed by atoms with Crippen molar-refractivity contribution in [1.29, 1.82) is 0 Å². The van der Waals surface area contributed by atoms with E-state index >= 15 is 0 Å². The Morgan fingerprint density at radius 1 is 1.29 bits per heavy atom. The quantitative estimate of drug-likeness (QED) is 0.254. The Hall–Kier alpha value is -2.99. The van der Waals surface area contributed by atoms with E-state index in [1.165, 1.54) is 26.4 Å². The van der Waals surface area contributed by atoms with Crippen LogP contribution in [0, 0.1) is 10.1 Å². The van der Waals surface area contributed by atoms with Crippen molar-refractivity contribution in [1.82, 2.24) is 9.97 Å². The van der Waals surface area contributed by atoms with E-state index < -0.39 is 29.0 Å². The van der Waals surface area contributed by atoms with Gasteiger partial charge in [-0.25, -0.2) is 4.98 Å². The molecule has 0 fully saturated rings. The molecule has 0 radical (unpaired) electrons. The highest BCUT2D eigenvalue weighted by Crippen LogP contribution is 2.47. The first-order chi connectivity index (χ1) is 16.3. The summed E-state index contributed by atoms with van der Waals surface area (Å²) in [5.41, 5.74) is -0.183. The number of H-pyrrole nitrogens is 1. The maximum absolute atomic E-state index is 11.8. The molecule has 0 aliphatic carbocycles. The number of non-ortho nitro benzene ring substituents is 1. The lowest BCUT2D eigenvalue weighted by Crippen LogP contribution is -2.62. The summed E-state index contributed by atoms with van der Waals surface area (Å²) in [6, 6.07) is 11.2. The van der Waals surface area contributed by atoms with Crippen LogP contribution in [0.4, 0.5) is 11.4 Å². The SMILES string of the molecule is COC(OC)[C@@]1(C)Oc2ccc([N+](=O)[O-])cc2[C@@H](N(Cc2ncc[nH]2)c2ccc(Br)cc2)[C@@H]1O. The number of nitro benzene ring substituents is 1. The summed E-state index contributed by atoms with van der Waals surface area (Å²) in [5.74, 6) is 1.05. The van der Waals surface area contributed by atoms with Crippen LogP contribution >= 0.6 is 15.9 Å². The summed E-state index contributed by atoms with van der Waals surface area (Å²) >= 11 is 3.46. The Bertz CT molecular complexity index is 1140. The van der Waals surface area contributed by atoms with Crippen molar-refractivity contribution in [2.75, 3.05) is 19.1 Å². The molecule has 34 heavy (non-hydrogen) atoms. The fraction of sp³-hybridized carbons (Fsp3) is 0.348. The van der Waals surface area contributed by atoms with Gasteiger partial charge in [0, 0.05) is 54.5 Å². The molecule has 0 saturated heterocycles. The molecule has 10 nitrogen and oxygen atoms in total. The van der Waals surface area contributed by atoms with Crippen LogP contribution in [0.5, 0.6) is 5.75 Å². The predicted octanol–water partition coefficient (Wildman–Crippen LogP) is 3.96. The normalized spacial score (nSPS) is 21.7. The molecule has 2 aromatic carbocycles. The molecular formula is C23H25BrN4O6. The Morgan fingerprint density at radius 2 is 2.00 bits per heavy atom. The second-order valence-electron chi connectivity index (χ2n) is 8.10. The number of hydrogen-bond acceptors (Lipinski definition) is 8. The van der Waals surface area contributed by atoms with Gasteiger partial charge in [-0.2, -0.15) is 0 Å². The number of aliphatic hydroxyl groups is 1. The van der Waals surface area contributed by atoms with Gasteiger partial charge in [0.2, 0.25) is 0 Å². The number of ether oxygens (including phenoxy) is 3. The van der Waals surface area contributed by atoms with Gasteiger partial charge in [0.1, 0.15) is 17.7 Å². The molecule has 11 heteroatoms. The second kappa shape index (κ2) is 9.71. The zero-order valence-electron chi connectivity index (χ0n) is 18.8. The molecule has 2 N–H and O–H groups in total. The Morgan fingerprint density at radius 3 is 2.59 bits per heavy atom. The van der Waals surface area contributed by atoms with Crippen LogP contribution in [0.15, 0.2) is 59.3 Å². The molecule has 1 aliphatic rings. The van der Waals surface area contributed by atoms with Crippen LogP contribution in [0.25, 0.3) is 0 Å². The number of aromatic nitrogens is 2.